The lowest BCUT2D eigenvalue weighted by Gasteiger charge is -2.16. The first-order chi connectivity index (χ1) is 8.19. The third kappa shape index (κ3) is 2.91. The summed E-state index contributed by atoms with van der Waals surface area (Å²) in [5, 5.41) is 6.13. The van der Waals surface area contributed by atoms with Gasteiger partial charge in [0.2, 0.25) is 0 Å². The van der Waals surface area contributed by atoms with E-state index in [1.54, 1.807) is 23.7 Å². The Kier molecular flexibility index (Phi) is 3.53. The highest BCUT2D eigenvalue weighted by atomic mass is 32.1. The third-order valence-corrected chi connectivity index (χ3v) is 3.16. The van der Waals surface area contributed by atoms with Crippen molar-refractivity contribution in [1.29, 1.82) is 0 Å². The quantitative estimate of drug-likeness (QED) is 0.897. The molecule has 2 aromatic heterocycles. The molecule has 0 saturated heterocycles. The van der Waals surface area contributed by atoms with Gasteiger partial charge in [-0.1, -0.05) is 0 Å². The van der Waals surface area contributed by atoms with Gasteiger partial charge in [-0.3, -0.25) is 4.98 Å². The maximum absolute atomic E-state index is 4.43. The standard InChI is InChI=1S/C11H15N5S/c1-8-14-9(7-17-8)6-16(3)11-5-13-4-10(12-2)15-11/h4-5,7H,6H2,1-3H3,(H,12,15). The Labute approximate surface area is 105 Å². The predicted molar refractivity (Wildman–Crippen MR) is 70.5 cm³/mol. The molecule has 6 heteroatoms. The summed E-state index contributed by atoms with van der Waals surface area (Å²) < 4.78 is 0. The summed E-state index contributed by atoms with van der Waals surface area (Å²) in [7, 11) is 3.82. The molecular weight excluding hydrogens is 234 g/mol. The van der Waals surface area contributed by atoms with Gasteiger partial charge in [0.1, 0.15) is 11.6 Å². The van der Waals surface area contributed by atoms with Crippen LogP contribution < -0.4 is 10.2 Å². The van der Waals surface area contributed by atoms with E-state index in [4.69, 9.17) is 0 Å². The van der Waals surface area contributed by atoms with Crippen LogP contribution in [0.1, 0.15) is 10.7 Å². The van der Waals surface area contributed by atoms with Gasteiger partial charge in [0.15, 0.2) is 0 Å². The Morgan fingerprint density at radius 3 is 2.82 bits per heavy atom. The molecule has 0 aliphatic rings. The van der Waals surface area contributed by atoms with E-state index in [0.29, 0.717) is 0 Å². The molecule has 0 spiro atoms. The van der Waals surface area contributed by atoms with Gasteiger partial charge in [-0.05, 0) is 6.92 Å². The highest BCUT2D eigenvalue weighted by Crippen LogP contribution is 2.15. The molecule has 0 atom stereocenters. The van der Waals surface area contributed by atoms with Crippen molar-refractivity contribution in [2.24, 2.45) is 0 Å². The average molecular weight is 249 g/mol. The Morgan fingerprint density at radius 2 is 2.18 bits per heavy atom. The van der Waals surface area contributed by atoms with Crippen molar-refractivity contribution in [3.8, 4) is 0 Å². The molecule has 0 amide bonds. The molecule has 0 radical (unpaired) electrons. The van der Waals surface area contributed by atoms with Crippen molar-refractivity contribution in [3.63, 3.8) is 0 Å². The van der Waals surface area contributed by atoms with Crippen LogP contribution in [0, 0.1) is 6.92 Å². The first kappa shape index (κ1) is 11.8. The van der Waals surface area contributed by atoms with Crippen molar-refractivity contribution in [3.05, 3.63) is 28.5 Å². The summed E-state index contributed by atoms with van der Waals surface area (Å²) in [6.45, 7) is 2.75. The topological polar surface area (TPSA) is 53.9 Å². The second kappa shape index (κ2) is 5.09. The summed E-state index contributed by atoms with van der Waals surface area (Å²) in [6, 6.07) is 0. The van der Waals surface area contributed by atoms with Crippen LogP contribution in [0.25, 0.3) is 0 Å². The monoisotopic (exact) mass is 249 g/mol. The van der Waals surface area contributed by atoms with Crippen molar-refractivity contribution in [1.82, 2.24) is 15.0 Å². The Hall–Kier alpha value is -1.69. The SMILES string of the molecule is CNc1cncc(N(C)Cc2csc(C)n2)n1. The van der Waals surface area contributed by atoms with Gasteiger partial charge in [-0.2, -0.15) is 0 Å². The zero-order chi connectivity index (χ0) is 12.3. The molecule has 90 valence electrons. The summed E-state index contributed by atoms with van der Waals surface area (Å²) in [5.74, 6) is 1.60. The number of anilines is 2. The third-order valence-electron chi connectivity index (χ3n) is 2.33. The Bertz CT molecular complexity index is 496. The molecule has 0 fully saturated rings. The van der Waals surface area contributed by atoms with E-state index < -0.39 is 0 Å². The van der Waals surface area contributed by atoms with Crippen LogP contribution in [0.2, 0.25) is 0 Å². The van der Waals surface area contributed by atoms with Gasteiger partial charge in [-0.25, -0.2) is 9.97 Å². The molecule has 2 rings (SSSR count). The first-order valence-electron chi connectivity index (χ1n) is 5.31. The molecule has 0 unspecified atom stereocenters. The molecule has 1 N–H and O–H groups in total. The van der Waals surface area contributed by atoms with Gasteiger partial charge >= 0.3 is 0 Å². The molecule has 0 aromatic carbocycles. The second-order valence-corrected chi connectivity index (χ2v) is 4.79. The van der Waals surface area contributed by atoms with E-state index in [-0.39, 0.29) is 0 Å². The minimum atomic E-state index is 0.742. The first-order valence-corrected chi connectivity index (χ1v) is 6.19. The van der Waals surface area contributed by atoms with E-state index in [1.165, 1.54) is 0 Å². The maximum atomic E-state index is 4.43. The fourth-order valence-corrected chi connectivity index (χ4v) is 2.07. The summed E-state index contributed by atoms with van der Waals surface area (Å²) in [5.41, 5.74) is 1.06. The minimum Gasteiger partial charge on any atom is -0.372 e. The lowest BCUT2D eigenvalue weighted by molar-refractivity contribution is 0.865. The molecule has 0 bridgehead atoms. The van der Waals surface area contributed by atoms with E-state index in [2.05, 4.69) is 25.6 Å². The normalized spacial score (nSPS) is 10.3. The van der Waals surface area contributed by atoms with Crippen molar-refractivity contribution in [2.75, 3.05) is 24.3 Å². The number of nitrogens with one attached hydrogen (secondary N) is 1. The van der Waals surface area contributed by atoms with Gasteiger partial charge in [0, 0.05) is 19.5 Å². The Morgan fingerprint density at radius 1 is 1.35 bits per heavy atom. The number of nitrogens with zero attached hydrogens (tertiary/aromatic N) is 4. The van der Waals surface area contributed by atoms with Crippen LogP contribution in [-0.2, 0) is 6.54 Å². The van der Waals surface area contributed by atoms with Crippen molar-refractivity contribution < 1.29 is 0 Å². The summed E-state index contributed by atoms with van der Waals surface area (Å²) >= 11 is 1.66. The van der Waals surface area contributed by atoms with Crippen LogP contribution in [0.4, 0.5) is 11.6 Å². The van der Waals surface area contributed by atoms with E-state index in [1.807, 2.05) is 25.9 Å². The zero-order valence-corrected chi connectivity index (χ0v) is 11.0. The highest BCUT2D eigenvalue weighted by molar-refractivity contribution is 7.09. The lowest BCUT2D eigenvalue weighted by Crippen LogP contribution is -2.18. The fourth-order valence-electron chi connectivity index (χ4n) is 1.46. The van der Waals surface area contributed by atoms with Crippen LogP contribution >= 0.6 is 11.3 Å². The molecule has 0 saturated carbocycles. The number of hydrogen-bond donors (Lipinski definition) is 1. The van der Waals surface area contributed by atoms with Crippen LogP contribution in [0.3, 0.4) is 0 Å². The zero-order valence-electron chi connectivity index (χ0n) is 10.1. The predicted octanol–water partition coefficient (Wildman–Crippen LogP) is 1.92. The molecule has 2 aromatic rings. The number of thiazole rings is 1. The van der Waals surface area contributed by atoms with Gasteiger partial charge in [-0.15, -0.1) is 11.3 Å². The number of hydrogen-bond acceptors (Lipinski definition) is 6. The van der Waals surface area contributed by atoms with Crippen LogP contribution in [0.15, 0.2) is 17.8 Å². The average Bonchev–Trinajstić information content (AvgIpc) is 2.75. The van der Waals surface area contributed by atoms with Gasteiger partial charge in [0.25, 0.3) is 0 Å². The smallest absolute Gasteiger partial charge is 0.149 e. The fraction of sp³-hybridized carbons (Fsp3) is 0.364. The van der Waals surface area contributed by atoms with Gasteiger partial charge < -0.3 is 10.2 Å². The molecule has 17 heavy (non-hydrogen) atoms. The number of rotatable bonds is 4. The molecule has 2 heterocycles. The molecule has 0 aliphatic heterocycles. The number of aromatic nitrogens is 3. The van der Waals surface area contributed by atoms with Crippen molar-refractivity contribution >= 4 is 23.0 Å². The van der Waals surface area contributed by atoms with E-state index in [0.717, 1.165) is 28.9 Å². The molecule has 5 nitrogen and oxygen atoms in total. The van der Waals surface area contributed by atoms with E-state index in [9.17, 15) is 0 Å². The maximum Gasteiger partial charge on any atom is 0.149 e. The van der Waals surface area contributed by atoms with E-state index >= 15 is 0 Å². The summed E-state index contributed by atoms with van der Waals surface area (Å²) in [4.78, 5) is 15.0. The second-order valence-electron chi connectivity index (χ2n) is 3.73. The van der Waals surface area contributed by atoms with Crippen LogP contribution in [-0.4, -0.2) is 29.0 Å². The van der Waals surface area contributed by atoms with Crippen LogP contribution in [0.5, 0.6) is 0 Å². The van der Waals surface area contributed by atoms with Crippen molar-refractivity contribution in [2.45, 2.75) is 13.5 Å². The molecular formula is C11H15N5S. The summed E-state index contributed by atoms with van der Waals surface area (Å²) in [6.07, 6.45) is 3.45. The largest absolute Gasteiger partial charge is 0.372 e. The minimum absolute atomic E-state index is 0.742. The lowest BCUT2D eigenvalue weighted by atomic mass is 10.4. The van der Waals surface area contributed by atoms with Gasteiger partial charge in [0.05, 0.1) is 29.6 Å². The highest BCUT2D eigenvalue weighted by Gasteiger charge is 2.07. The molecule has 0 aliphatic carbocycles. The Balaban J connectivity index is 2.11. The number of aryl methyl sites for hydroxylation is 1.